The lowest BCUT2D eigenvalue weighted by atomic mass is 9.73. The van der Waals surface area contributed by atoms with Crippen molar-refractivity contribution >= 4 is 28.6 Å². The number of benzene rings is 2. The van der Waals surface area contributed by atoms with Crippen LogP contribution in [0.2, 0.25) is 0 Å². The molecule has 32 heavy (non-hydrogen) atoms. The van der Waals surface area contributed by atoms with Crippen LogP contribution < -0.4 is 15.8 Å². The number of likely N-dealkylation sites (tertiary alicyclic amines) is 1. The molecule has 0 spiro atoms. The van der Waals surface area contributed by atoms with Gasteiger partial charge in [-0.05, 0) is 30.7 Å². The fourth-order valence-corrected chi connectivity index (χ4v) is 4.95. The molecular weight excluding hydrogens is 408 g/mol. The number of H-pyrrole nitrogens is 1. The Labute approximate surface area is 184 Å². The number of rotatable bonds is 5. The van der Waals surface area contributed by atoms with Crippen molar-refractivity contribution < 1.29 is 19.1 Å². The van der Waals surface area contributed by atoms with Gasteiger partial charge in [-0.25, -0.2) is 0 Å². The van der Waals surface area contributed by atoms with Gasteiger partial charge in [0.1, 0.15) is 17.4 Å². The monoisotopic (exact) mass is 432 g/mol. The largest absolute Gasteiger partial charge is 0.468 e. The van der Waals surface area contributed by atoms with Gasteiger partial charge in [0.15, 0.2) is 5.72 Å². The molecule has 0 saturated carbocycles. The van der Waals surface area contributed by atoms with E-state index in [1.165, 1.54) is 4.90 Å². The predicted octanol–water partition coefficient (Wildman–Crippen LogP) is 2.12. The van der Waals surface area contributed by atoms with Crippen LogP contribution in [-0.4, -0.2) is 46.4 Å². The molecular formula is C24H24N4O4. The number of ether oxygens (including phenoxy) is 1. The van der Waals surface area contributed by atoms with Crippen LogP contribution in [0.25, 0.3) is 10.9 Å². The number of nitrogens with two attached hydrogens (primary N) is 1. The Hall–Kier alpha value is -3.81. The number of carbonyl (C=O) groups is 3. The maximum atomic E-state index is 13.3. The van der Waals surface area contributed by atoms with Crippen molar-refractivity contribution in [2.45, 2.75) is 25.0 Å². The number of hydrogen-bond donors (Lipinski definition) is 3. The highest BCUT2D eigenvalue weighted by Gasteiger charge is 2.55. The molecule has 3 atom stereocenters. The minimum Gasteiger partial charge on any atom is -0.468 e. The summed E-state index contributed by atoms with van der Waals surface area (Å²) in [5, 5.41) is 3.79. The summed E-state index contributed by atoms with van der Waals surface area (Å²) in [5.74, 6) is -1.92. The zero-order chi connectivity index (χ0) is 22.5. The summed E-state index contributed by atoms with van der Waals surface area (Å²) >= 11 is 0. The number of amides is 3. The van der Waals surface area contributed by atoms with Crippen molar-refractivity contribution in [3.63, 3.8) is 0 Å². The lowest BCUT2D eigenvalue weighted by molar-refractivity contribution is -0.175. The number of nitrogens with zero attached hydrogens (tertiary/aromatic N) is 1. The molecule has 0 unspecified atom stereocenters. The molecule has 2 aliphatic rings. The van der Waals surface area contributed by atoms with E-state index >= 15 is 0 Å². The first kappa shape index (κ1) is 20.1. The van der Waals surface area contributed by atoms with Crippen molar-refractivity contribution in [2.75, 3.05) is 13.1 Å². The van der Waals surface area contributed by atoms with Crippen LogP contribution in [0.4, 0.5) is 0 Å². The van der Waals surface area contributed by atoms with Gasteiger partial charge < -0.3 is 25.7 Å². The molecule has 3 heterocycles. The molecule has 164 valence electrons. The summed E-state index contributed by atoms with van der Waals surface area (Å²) in [5.41, 5.74) is 6.87. The van der Waals surface area contributed by atoms with E-state index in [1.54, 1.807) is 6.07 Å². The fourth-order valence-electron chi connectivity index (χ4n) is 4.95. The molecule has 1 fully saturated rings. The van der Waals surface area contributed by atoms with Crippen LogP contribution in [0.1, 0.15) is 35.3 Å². The number of piperidine rings is 1. The number of para-hydroxylation sites is 2. The molecule has 8 nitrogen and oxygen atoms in total. The van der Waals surface area contributed by atoms with Gasteiger partial charge in [-0.1, -0.05) is 36.4 Å². The van der Waals surface area contributed by atoms with Crippen LogP contribution in [0, 0.1) is 5.92 Å². The molecule has 3 amide bonds. The maximum absolute atomic E-state index is 13.3. The SMILES string of the molecule is C[C@@]12C[C@@H](c3ccccc3O1)[C@@H](C(N)=O)C(=O)N2CCNC(=O)c1cc2ccccc2[nH]1. The number of aromatic amines is 1. The van der Waals surface area contributed by atoms with Crippen molar-refractivity contribution in [3.8, 4) is 5.75 Å². The Morgan fingerprint density at radius 3 is 2.75 bits per heavy atom. The van der Waals surface area contributed by atoms with Crippen LogP contribution in [0.5, 0.6) is 5.75 Å². The summed E-state index contributed by atoms with van der Waals surface area (Å²) < 4.78 is 6.22. The highest BCUT2D eigenvalue weighted by molar-refractivity contribution is 6.02. The summed E-state index contributed by atoms with van der Waals surface area (Å²) in [7, 11) is 0. The first-order chi connectivity index (χ1) is 15.4. The molecule has 4 N–H and O–H groups in total. The smallest absolute Gasteiger partial charge is 0.267 e. The second kappa shape index (κ2) is 7.40. The van der Waals surface area contributed by atoms with E-state index in [4.69, 9.17) is 10.5 Å². The Morgan fingerprint density at radius 1 is 1.22 bits per heavy atom. The molecule has 1 saturated heterocycles. The normalized spacial score (nSPS) is 24.0. The zero-order valence-electron chi connectivity index (χ0n) is 17.6. The number of nitrogens with one attached hydrogen (secondary N) is 2. The lowest BCUT2D eigenvalue weighted by Gasteiger charge is -2.52. The summed E-state index contributed by atoms with van der Waals surface area (Å²) in [6.45, 7) is 2.24. The van der Waals surface area contributed by atoms with E-state index in [2.05, 4.69) is 10.3 Å². The minimum absolute atomic E-state index is 0.194. The fraction of sp³-hybridized carbons (Fsp3) is 0.292. The third-order valence-electron chi connectivity index (χ3n) is 6.45. The van der Waals surface area contributed by atoms with E-state index in [-0.39, 0.29) is 30.8 Å². The highest BCUT2D eigenvalue weighted by atomic mass is 16.5. The van der Waals surface area contributed by atoms with Crippen molar-refractivity contribution in [3.05, 3.63) is 65.9 Å². The van der Waals surface area contributed by atoms with Crippen LogP contribution in [0.15, 0.2) is 54.6 Å². The van der Waals surface area contributed by atoms with Gasteiger partial charge >= 0.3 is 0 Å². The quantitative estimate of drug-likeness (QED) is 0.535. The number of carbonyl (C=O) groups excluding carboxylic acids is 3. The first-order valence-electron chi connectivity index (χ1n) is 10.6. The van der Waals surface area contributed by atoms with Gasteiger partial charge in [-0.15, -0.1) is 0 Å². The van der Waals surface area contributed by atoms with Gasteiger partial charge in [0, 0.05) is 36.3 Å². The minimum atomic E-state index is -0.961. The van der Waals surface area contributed by atoms with Gasteiger partial charge in [-0.3, -0.25) is 14.4 Å². The molecule has 5 rings (SSSR count). The van der Waals surface area contributed by atoms with E-state index in [0.29, 0.717) is 17.9 Å². The van der Waals surface area contributed by atoms with Gasteiger partial charge in [0.05, 0.1) is 0 Å². The predicted molar refractivity (Wildman–Crippen MR) is 118 cm³/mol. The molecule has 0 radical (unpaired) electrons. The first-order valence-corrected chi connectivity index (χ1v) is 10.6. The van der Waals surface area contributed by atoms with E-state index in [9.17, 15) is 14.4 Å². The van der Waals surface area contributed by atoms with Gasteiger partial charge in [0.25, 0.3) is 5.91 Å². The second-order valence-corrected chi connectivity index (χ2v) is 8.52. The molecule has 0 aliphatic carbocycles. The lowest BCUT2D eigenvalue weighted by Crippen LogP contribution is -2.65. The topological polar surface area (TPSA) is 118 Å². The Morgan fingerprint density at radius 2 is 1.97 bits per heavy atom. The average molecular weight is 432 g/mol. The van der Waals surface area contributed by atoms with Crippen molar-refractivity contribution in [1.82, 2.24) is 15.2 Å². The van der Waals surface area contributed by atoms with Crippen LogP contribution in [-0.2, 0) is 9.59 Å². The highest BCUT2D eigenvalue weighted by Crippen LogP contribution is 2.49. The van der Waals surface area contributed by atoms with E-state index < -0.39 is 17.6 Å². The molecule has 3 aromatic rings. The Balaban J connectivity index is 1.34. The van der Waals surface area contributed by atoms with Crippen molar-refractivity contribution in [1.29, 1.82) is 0 Å². The maximum Gasteiger partial charge on any atom is 0.267 e. The number of aromatic nitrogens is 1. The van der Waals surface area contributed by atoms with Crippen molar-refractivity contribution in [2.24, 2.45) is 11.7 Å². The zero-order valence-corrected chi connectivity index (χ0v) is 17.6. The molecule has 2 bridgehead atoms. The Kier molecular flexibility index (Phi) is 4.65. The van der Waals surface area contributed by atoms with Gasteiger partial charge in [-0.2, -0.15) is 0 Å². The summed E-state index contributed by atoms with van der Waals surface area (Å²) in [6, 6.07) is 16.8. The average Bonchev–Trinajstić information content (AvgIpc) is 3.20. The second-order valence-electron chi connectivity index (χ2n) is 8.52. The van der Waals surface area contributed by atoms with Crippen LogP contribution in [0.3, 0.4) is 0 Å². The molecule has 2 aromatic carbocycles. The molecule has 2 aliphatic heterocycles. The standard InChI is InChI=1S/C24H24N4O4/c1-24-13-16(15-7-3-5-9-19(15)32-24)20(21(25)29)23(31)28(24)11-10-26-22(30)18-12-14-6-2-4-8-17(14)27-18/h2-9,12,16,20,27H,10-11,13H2,1H3,(H2,25,29)(H,26,30)/t16-,20-,24-/m0/s1. The molecule has 8 heteroatoms. The third-order valence-corrected chi connectivity index (χ3v) is 6.45. The Bertz CT molecular complexity index is 1200. The number of fused-ring (bicyclic) bond motifs is 5. The summed E-state index contributed by atoms with van der Waals surface area (Å²) in [6.07, 6.45) is 0.458. The number of primary amides is 1. The summed E-state index contributed by atoms with van der Waals surface area (Å²) in [4.78, 5) is 42.8. The van der Waals surface area contributed by atoms with E-state index in [0.717, 1.165) is 16.5 Å². The van der Waals surface area contributed by atoms with Crippen LogP contribution >= 0.6 is 0 Å². The molecule has 1 aromatic heterocycles. The van der Waals surface area contributed by atoms with Gasteiger partial charge in [0.2, 0.25) is 11.8 Å². The van der Waals surface area contributed by atoms with E-state index in [1.807, 2.05) is 55.5 Å². The third kappa shape index (κ3) is 3.19. The number of hydrogen-bond acceptors (Lipinski definition) is 4.